The van der Waals surface area contributed by atoms with Crippen molar-refractivity contribution in [2.75, 3.05) is 11.9 Å². The third kappa shape index (κ3) is 2.76. The first-order chi connectivity index (χ1) is 11.2. The van der Waals surface area contributed by atoms with Gasteiger partial charge in [-0.3, -0.25) is 4.79 Å². The van der Waals surface area contributed by atoms with E-state index in [-0.39, 0.29) is 18.0 Å². The number of fused-ring (bicyclic) bond motifs is 1. The average Bonchev–Trinajstić information content (AvgIpc) is 3.00. The Hall–Kier alpha value is -1.81. The molecule has 2 aromatic rings. The fourth-order valence-corrected chi connectivity index (χ4v) is 4.11. The van der Waals surface area contributed by atoms with Gasteiger partial charge in [0, 0.05) is 23.1 Å². The summed E-state index contributed by atoms with van der Waals surface area (Å²) < 4.78 is 1.06. The van der Waals surface area contributed by atoms with Gasteiger partial charge in [-0.25, -0.2) is 0 Å². The number of amides is 1. The van der Waals surface area contributed by atoms with E-state index >= 15 is 0 Å². The molecule has 0 unspecified atom stereocenters. The molecule has 118 valence electrons. The summed E-state index contributed by atoms with van der Waals surface area (Å²) in [5.41, 5.74) is 3.64. The summed E-state index contributed by atoms with van der Waals surface area (Å²) in [7, 11) is 0. The molecular formula is C19H19BrN2O. The van der Waals surface area contributed by atoms with Crippen LogP contribution >= 0.6 is 15.9 Å². The van der Waals surface area contributed by atoms with Gasteiger partial charge in [0.05, 0.1) is 12.1 Å². The smallest absolute Gasteiger partial charge is 0.223 e. The Kier molecular flexibility index (Phi) is 3.85. The Bertz CT molecular complexity index is 731. The van der Waals surface area contributed by atoms with E-state index in [1.807, 2.05) is 6.07 Å². The molecule has 0 aromatic heterocycles. The number of benzene rings is 2. The molecule has 1 amide bonds. The van der Waals surface area contributed by atoms with E-state index < -0.39 is 0 Å². The molecule has 4 rings (SSSR count). The summed E-state index contributed by atoms with van der Waals surface area (Å²) in [6.45, 7) is 0.872. The van der Waals surface area contributed by atoms with Crippen molar-refractivity contribution in [2.45, 2.75) is 31.3 Å². The van der Waals surface area contributed by atoms with E-state index in [2.05, 4.69) is 68.6 Å². The number of nitrogens with one attached hydrogen (secondary N) is 1. The van der Waals surface area contributed by atoms with Crippen LogP contribution in [-0.2, 0) is 4.79 Å². The van der Waals surface area contributed by atoms with Crippen LogP contribution in [0.3, 0.4) is 0 Å². The third-order valence-electron chi connectivity index (χ3n) is 4.85. The zero-order valence-electron chi connectivity index (χ0n) is 12.8. The summed E-state index contributed by atoms with van der Waals surface area (Å²) in [6.07, 6.45) is 2.57. The second kappa shape index (κ2) is 6.00. The highest BCUT2D eigenvalue weighted by Gasteiger charge is 2.35. The van der Waals surface area contributed by atoms with Gasteiger partial charge in [-0.05, 0) is 42.2 Å². The Labute approximate surface area is 144 Å². The fraction of sp³-hybridized carbons (Fsp3) is 0.316. The van der Waals surface area contributed by atoms with Crippen molar-refractivity contribution in [3.05, 3.63) is 64.1 Å². The number of halogens is 1. The lowest BCUT2D eigenvalue weighted by molar-refractivity contribution is -0.130. The maximum absolute atomic E-state index is 12.3. The Morgan fingerprint density at radius 3 is 2.70 bits per heavy atom. The van der Waals surface area contributed by atoms with Crippen LogP contribution < -0.4 is 5.32 Å². The van der Waals surface area contributed by atoms with Gasteiger partial charge in [0.25, 0.3) is 0 Å². The van der Waals surface area contributed by atoms with Gasteiger partial charge in [0.15, 0.2) is 0 Å². The van der Waals surface area contributed by atoms with Gasteiger partial charge in [0.2, 0.25) is 5.91 Å². The van der Waals surface area contributed by atoms with Gasteiger partial charge < -0.3 is 10.2 Å². The number of nitrogens with zero attached hydrogens (tertiary/aromatic N) is 1. The maximum Gasteiger partial charge on any atom is 0.223 e. The second-order valence-electron chi connectivity index (χ2n) is 6.28. The zero-order chi connectivity index (χ0) is 15.8. The van der Waals surface area contributed by atoms with Gasteiger partial charge in [-0.1, -0.05) is 46.3 Å². The first-order valence-electron chi connectivity index (χ1n) is 8.13. The number of rotatable bonds is 2. The predicted octanol–water partition coefficient (Wildman–Crippen LogP) is 4.67. The summed E-state index contributed by atoms with van der Waals surface area (Å²) in [6, 6.07) is 17.2. The first kappa shape index (κ1) is 14.8. The summed E-state index contributed by atoms with van der Waals surface area (Å²) in [5.74, 6) is 0.287. The highest BCUT2D eigenvalue weighted by atomic mass is 79.9. The molecule has 0 aliphatic carbocycles. The van der Waals surface area contributed by atoms with Crippen LogP contribution in [0.5, 0.6) is 0 Å². The van der Waals surface area contributed by atoms with Crippen molar-refractivity contribution in [2.24, 2.45) is 0 Å². The van der Waals surface area contributed by atoms with Crippen molar-refractivity contribution in [1.29, 1.82) is 0 Å². The summed E-state index contributed by atoms with van der Waals surface area (Å²) in [5, 5.41) is 3.65. The molecule has 2 atom stereocenters. The maximum atomic E-state index is 12.3. The highest BCUT2D eigenvalue weighted by molar-refractivity contribution is 9.10. The molecule has 1 saturated heterocycles. The van der Waals surface area contributed by atoms with Crippen molar-refractivity contribution in [1.82, 2.24) is 4.90 Å². The molecule has 0 bridgehead atoms. The normalized spacial score (nSPS) is 23.5. The minimum absolute atomic E-state index is 0.156. The second-order valence-corrected chi connectivity index (χ2v) is 7.20. The van der Waals surface area contributed by atoms with Crippen molar-refractivity contribution in [3.8, 4) is 0 Å². The van der Waals surface area contributed by atoms with Gasteiger partial charge in [-0.15, -0.1) is 0 Å². The van der Waals surface area contributed by atoms with Crippen molar-refractivity contribution < 1.29 is 4.79 Å². The SMILES string of the molecule is O=C1CCCN1[C@H]1C[C@@H](c2ccccc2)Nc2ccc(Br)cc21. The molecule has 2 aliphatic rings. The summed E-state index contributed by atoms with van der Waals surface area (Å²) in [4.78, 5) is 14.4. The van der Waals surface area contributed by atoms with Crippen LogP contribution in [0.2, 0.25) is 0 Å². The molecule has 2 aliphatic heterocycles. The molecule has 3 nitrogen and oxygen atoms in total. The molecule has 1 fully saturated rings. The van der Waals surface area contributed by atoms with E-state index in [0.717, 1.165) is 29.5 Å². The number of carbonyl (C=O) groups excluding carboxylic acids is 1. The monoisotopic (exact) mass is 370 g/mol. The van der Waals surface area contributed by atoms with E-state index in [4.69, 9.17) is 0 Å². The average molecular weight is 371 g/mol. The van der Waals surface area contributed by atoms with Crippen LogP contribution in [0.1, 0.15) is 42.5 Å². The number of carbonyl (C=O) groups is 1. The number of hydrogen-bond donors (Lipinski definition) is 1. The van der Waals surface area contributed by atoms with Crippen molar-refractivity contribution in [3.63, 3.8) is 0 Å². The van der Waals surface area contributed by atoms with Crippen LogP contribution in [0.25, 0.3) is 0 Å². The Morgan fingerprint density at radius 1 is 1.13 bits per heavy atom. The van der Waals surface area contributed by atoms with Gasteiger partial charge in [-0.2, -0.15) is 0 Å². The predicted molar refractivity (Wildman–Crippen MR) is 95.3 cm³/mol. The van der Waals surface area contributed by atoms with Gasteiger partial charge >= 0.3 is 0 Å². The number of anilines is 1. The van der Waals surface area contributed by atoms with E-state index in [9.17, 15) is 4.79 Å². The van der Waals surface area contributed by atoms with Crippen LogP contribution in [0.4, 0.5) is 5.69 Å². The molecule has 0 spiro atoms. The van der Waals surface area contributed by atoms with Gasteiger partial charge in [0.1, 0.15) is 0 Å². The van der Waals surface area contributed by atoms with Crippen LogP contribution in [0, 0.1) is 0 Å². The first-order valence-corrected chi connectivity index (χ1v) is 8.92. The quantitative estimate of drug-likeness (QED) is 0.832. The minimum Gasteiger partial charge on any atom is -0.378 e. The Morgan fingerprint density at radius 2 is 1.96 bits per heavy atom. The number of hydrogen-bond acceptors (Lipinski definition) is 2. The lowest BCUT2D eigenvalue weighted by Crippen LogP contribution is -2.35. The topological polar surface area (TPSA) is 32.3 Å². The minimum atomic E-state index is 0.156. The van der Waals surface area contributed by atoms with Crippen LogP contribution in [0.15, 0.2) is 53.0 Å². The molecule has 4 heteroatoms. The molecule has 0 radical (unpaired) electrons. The van der Waals surface area contributed by atoms with E-state index in [1.54, 1.807) is 0 Å². The third-order valence-corrected chi connectivity index (χ3v) is 5.34. The molecule has 2 aromatic carbocycles. The molecular weight excluding hydrogens is 352 g/mol. The number of likely N-dealkylation sites (tertiary alicyclic amines) is 1. The molecule has 1 N–H and O–H groups in total. The zero-order valence-corrected chi connectivity index (χ0v) is 14.4. The van der Waals surface area contributed by atoms with Crippen LogP contribution in [-0.4, -0.2) is 17.4 Å². The lowest BCUT2D eigenvalue weighted by atomic mass is 9.88. The van der Waals surface area contributed by atoms with Crippen molar-refractivity contribution >= 4 is 27.5 Å². The summed E-state index contributed by atoms with van der Waals surface area (Å²) >= 11 is 3.57. The highest BCUT2D eigenvalue weighted by Crippen LogP contribution is 2.44. The largest absolute Gasteiger partial charge is 0.378 e. The lowest BCUT2D eigenvalue weighted by Gasteiger charge is -2.38. The van der Waals surface area contributed by atoms with E-state index in [0.29, 0.717) is 6.42 Å². The Balaban J connectivity index is 1.74. The standard InChI is InChI=1S/C19H19BrN2O/c20-14-8-9-16-15(11-14)18(22-10-4-7-19(22)23)12-17(21-16)13-5-2-1-3-6-13/h1-3,5-6,8-9,11,17-18,21H,4,7,10,12H2/t17-,18-/m0/s1. The fourth-order valence-electron chi connectivity index (χ4n) is 3.74. The molecule has 23 heavy (non-hydrogen) atoms. The van der Waals surface area contributed by atoms with E-state index in [1.165, 1.54) is 11.1 Å². The molecule has 2 heterocycles. The molecule has 0 saturated carbocycles.